The molecule has 0 atom stereocenters. The molecule has 0 rings (SSSR count). The van der Waals surface area contributed by atoms with Crippen LogP contribution in [0.4, 0.5) is 35.1 Å². The summed E-state index contributed by atoms with van der Waals surface area (Å²) in [6.45, 7) is 0. The highest BCUT2D eigenvalue weighted by atomic mass is 79.9. The van der Waals surface area contributed by atoms with E-state index in [1.807, 2.05) is 0 Å². The van der Waals surface area contributed by atoms with Crippen molar-refractivity contribution < 1.29 is 39.9 Å². The zero-order chi connectivity index (χ0) is 12.7. The van der Waals surface area contributed by atoms with Crippen molar-refractivity contribution in [3.8, 4) is 0 Å². The fraction of sp³-hybridized carbons (Fsp3) is 0.800. The Balaban J connectivity index is 5.40. The van der Waals surface area contributed by atoms with Crippen LogP contribution < -0.4 is 0 Å². The summed E-state index contributed by atoms with van der Waals surface area (Å²) < 4.78 is 93.0. The molecule has 15 heavy (non-hydrogen) atoms. The molecule has 0 spiro atoms. The lowest BCUT2D eigenvalue weighted by molar-refractivity contribution is -0.325. The molecule has 90 valence electrons. The summed E-state index contributed by atoms with van der Waals surface area (Å²) in [5.74, 6) is -18.7. The average molecular weight is 309 g/mol. The molecule has 0 aliphatic rings. The lowest BCUT2D eigenvalue weighted by Crippen LogP contribution is -2.59. The first-order valence-electron chi connectivity index (χ1n) is 3.00. The van der Waals surface area contributed by atoms with E-state index in [0.717, 1.165) is 0 Å². The lowest BCUT2D eigenvalue weighted by atomic mass is 10.1. The van der Waals surface area contributed by atoms with E-state index < -0.39 is 28.9 Å². The van der Waals surface area contributed by atoms with Crippen molar-refractivity contribution in [1.82, 2.24) is 0 Å². The van der Waals surface area contributed by atoms with E-state index in [-0.39, 0.29) is 0 Å². The van der Waals surface area contributed by atoms with E-state index in [4.69, 9.17) is 0 Å². The Morgan fingerprint density at radius 1 is 1.00 bits per heavy atom. The van der Waals surface area contributed by atoms with Gasteiger partial charge in [-0.25, -0.2) is 8.78 Å². The molecule has 0 N–H and O–H groups in total. The summed E-state index contributed by atoms with van der Waals surface area (Å²) in [5, 5.41) is 0. The Kier molecular flexibility index (Phi) is 3.77. The van der Waals surface area contributed by atoms with Crippen LogP contribution in [0.1, 0.15) is 0 Å². The summed E-state index contributed by atoms with van der Waals surface area (Å²) in [6.07, 6.45) is -5.02. The average Bonchev–Trinajstić information content (AvgIpc) is 2.02. The van der Waals surface area contributed by atoms with Gasteiger partial charge in [-0.15, -0.1) is 0 Å². The van der Waals surface area contributed by atoms with Crippen LogP contribution in [0.15, 0.2) is 0 Å². The minimum Gasteiger partial charge on any atom is -0.280 e. The molecule has 0 saturated heterocycles. The van der Waals surface area contributed by atoms with E-state index >= 15 is 0 Å². The van der Waals surface area contributed by atoms with Crippen molar-refractivity contribution in [2.45, 2.75) is 24.2 Å². The normalized spacial score (nSPS) is 14.5. The molecular formula is C5HBrF8O. The topological polar surface area (TPSA) is 17.1 Å². The van der Waals surface area contributed by atoms with Crippen molar-refractivity contribution in [2.75, 3.05) is 0 Å². The van der Waals surface area contributed by atoms with Gasteiger partial charge in [0.2, 0.25) is 0 Å². The highest BCUT2D eigenvalue weighted by Crippen LogP contribution is 2.49. The molecule has 0 saturated carbocycles. The quantitative estimate of drug-likeness (QED) is 0.576. The molecular weight excluding hydrogens is 308 g/mol. The summed E-state index contributed by atoms with van der Waals surface area (Å²) in [7, 11) is 0. The van der Waals surface area contributed by atoms with Gasteiger partial charge in [-0.2, -0.15) is 26.3 Å². The van der Waals surface area contributed by atoms with Gasteiger partial charge in [0, 0.05) is 0 Å². The molecule has 1 nitrogen and oxygen atoms in total. The van der Waals surface area contributed by atoms with Gasteiger partial charge < -0.3 is 0 Å². The predicted molar refractivity (Wildman–Crippen MR) is 34.8 cm³/mol. The van der Waals surface area contributed by atoms with Crippen LogP contribution in [-0.2, 0) is 4.79 Å². The van der Waals surface area contributed by atoms with Gasteiger partial charge in [0.05, 0.1) is 0 Å². The smallest absolute Gasteiger partial charge is 0.280 e. The number of alkyl halides is 8. The zero-order valence-electron chi connectivity index (χ0n) is 6.39. The second-order valence-electron chi connectivity index (χ2n) is 2.35. The van der Waals surface area contributed by atoms with Gasteiger partial charge in [-0.3, -0.25) is 4.79 Å². The minimum absolute atomic E-state index is 1.33. The van der Waals surface area contributed by atoms with Crippen molar-refractivity contribution in [3.63, 3.8) is 0 Å². The Morgan fingerprint density at radius 3 is 1.53 bits per heavy atom. The zero-order valence-corrected chi connectivity index (χ0v) is 7.97. The summed E-state index contributed by atoms with van der Waals surface area (Å²) in [5.41, 5.74) is 0. The largest absolute Gasteiger partial charge is 0.386 e. The van der Waals surface area contributed by atoms with Crippen molar-refractivity contribution in [1.29, 1.82) is 0 Å². The third-order valence-electron chi connectivity index (χ3n) is 1.33. The molecule has 0 aliphatic carbocycles. The minimum atomic E-state index is -6.48. The highest BCUT2D eigenvalue weighted by Gasteiger charge is 2.77. The molecule has 0 heterocycles. The fourth-order valence-electron chi connectivity index (χ4n) is 0.470. The first-order chi connectivity index (χ1) is 6.39. The van der Waals surface area contributed by atoms with Crippen LogP contribution in [0.25, 0.3) is 0 Å². The fourth-order valence-corrected chi connectivity index (χ4v) is 0.719. The highest BCUT2D eigenvalue weighted by molar-refractivity contribution is 9.18. The Morgan fingerprint density at radius 2 is 1.33 bits per heavy atom. The summed E-state index contributed by atoms with van der Waals surface area (Å²) in [4.78, 5) is 9.89. The van der Waals surface area contributed by atoms with Crippen LogP contribution in [0.2, 0.25) is 0 Å². The molecule has 0 aliphatic heterocycles. The maximum atomic E-state index is 12.2. The molecule has 0 radical (unpaired) electrons. The van der Waals surface area contributed by atoms with Gasteiger partial charge in [0.25, 0.3) is 4.69 Å². The second-order valence-corrected chi connectivity index (χ2v) is 3.07. The number of carbonyl (C=O) groups excluding carboxylic acids is 1. The Bertz CT molecular complexity index is 262. The van der Waals surface area contributed by atoms with E-state index in [2.05, 4.69) is 0 Å². The Hall–Kier alpha value is -0.410. The number of hydrogen-bond acceptors (Lipinski definition) is 1. The van der Waals surface area contributed by atoms with Crippen molar-refractivity contribution in [2.24, 2.45) is 0 Å². The molecule has 0 bridgehead atoms. The van der Waals surface area contributed by atoms with Crippen molar-refractivity contribution >= 4 is 20.6 Å². The van der Waals surface area contributed by atoms with Gasteiger partial charge in [0.15, 0.2) is 0 Å². The summed E-state index contributed by atoms with van der Waals surface area (Å²) in [6, 6.07) is 0. The van der Waals surface area contributed by atoms with E-state index in [9.17, 15) is 39.9 Å². The van der Waals surface area contributed by atoms with E-state index in [1.54, 1.807) is 0 Å². The molecule has 0 aromatic rings. The Labute approximate surface area is 85.6 Å². The molecule has 0 fully saturated rings. The molecule has 0 unspecified atom stereocenters. The predicted octanol–water partition coefficient (Wildman–Crippen LogP) is 3.08. The monoisotopic (exact) mass is 308 g/mol. The van der Waals surface area contributed by atoms with E-state index in [1.165, 1.54) is 15.9 Å². The van der Waals surface area contributed by atoms with Crippen LogP contribution in [0.5, 0.6) is 0 Å². The second kappa shape index (κ2) is 3.87. The number of hydrogen-bond donors (Lipinski definition) is 0. The van der Waals surface area contributed by atoms with Gasteiger partial charge in [-0.1, -0.05) is 0 Å². The van der Waals surface area contributed by atoms with Crippen LogP contribution in [-0.4, -0.2) is 28.9 Å². The first-order valence-corrected chi connectivity index (χ1v) is 3.80. The number of halogens is 9. The third kappa shape index (κ3) is 2.08. The molecule has 0 aromatic carbocycles. The lowest BCUT2D eigenvalue weighted by Gasteiger charge is -2.29. The molecule has 0 amide bonds. The van der Waals surface area contributed by atoms with Crippen LogP contribution >= 0.6 is 15.9 Å². The standard InChI is InChI=1S/C5HBrF8O/c6-1(15)3(9,10)5(13,14)4(11,12)2(7)8/h2H. The molecule has 0 aromatic heterocycles. The van der Waals surface area contributed by atoms with E-state index in [0.29, 0.717) is 0 Å². The molecule has 10 heteroatoms. The number of carbonyl (C=O) groups is 1. The SMILES string of the molecule is O=C(Br)C(F)(F)C(F)(F)C(F)(F)C(F)F. The van der Waals surface area contributed by atoms with Gasteiger partial charge >= 0.3 is 24.2 Å². The third-order valence-corrected chi connectivity index (χ3v) is 1.83. The first kappa shape index (κ1) is 14.6. The van der Waals surface area contributed by atoms with Gasteiger partial charge in [0.1, 0.15) is 0 Å². The van der Waals surface area contributed by atoms with Gasteiger partial charge in [-0.05, 0) is 15.9 Å². The maximum Gasteiger partial charge on any atom is 0.386 e. The van der Waals surface area contributed by atoms with Crippen molar-refractivity contribution in [3.05, 3.63) is 0 Å². The van der Waals surface area contributed by atoms with Crippen LogP contribution in [0, 0.1) is 0 Å². The maximum absolute atomic E-state index is 12.2. The summed E-state index contributed by atoms with van der Waals surface area (Å²) >= 11 is 1.33. The number of rotatable bonds is 4. The van der Waals surface area contributed by atoms with Crippen LogP contribution in [0.3, 0.4) is 0 Å².